The molecule has 1 aromatic rings. The molecule has 2 nitrogen and oxygen atoms in total. The molecule has 0 aliphatic rings. The van der Waals surface area contributed by atoms with Crippen molar-refractivity contribution in [3.8, 4) is 0 Å². The molecule has 11 heavy (non-hydrogen) atoms. The molecule has 3 heteroatoms. The Kier molecular flexibility index (Phi) is 2.54. The fourth-order valence-electron chi connectivity index (χ4n) is 0.840. The van der Waals surface area contributed by atoms with Crippen LogP contribution in [0.4, 0.5) is 0 Å². The monoisotopic (exact) mass is 168 g/mol. The Bertz CT molecular complexity index is 294. The van der Waals surface area contributed by atoms with Gasteiger partial charge in [0.2, 0.25) is 0 Å². The lowest BCUT2D eigenvalue weighted by molar-refractivity contribution is 0.112. The Morgan fingerprint density at radius 1 is 1.36 bits per heavy atom. The van der Waals surface area contributed by atoms with Crippen LogP contribution in [0.15, 0.2) is 29.2 Å². The van der Waals surface area contributed by atoms with Crippen LogP contribution in [0.2, 0.25) is 0 Å². The first-order chi connectivity index (χ1) is 5.25. The average molecular weight is 168 g/mol. The van der Waals surface area contributed by atoms with Crippen LogP contribution < -0.4 is 0 Å². The SMILES string of the molecule is C[S@](=O)c1ccccc1C=O. The quantitative estimate of drug-likeness (QED) is 0.622. The molecule has 0 saturated carbocycles. The fraction of sp³-hybridized carbons (Fsp3) is 0.125. The largest absolute Gasteiger partial charge is 0.298 e. The summed E-state index contributed by atoms with van der Waals surface area (Å²) in [6, 6.07) is 6.87. The standard InChI is InChI=1S/C8H8O2S/c1-11(10)8-5-3-2-4-7(8)6-9/h2-6H,1H3/t11-/m0/s1. The van der Waals surface area contributed by atoms with Crippen molar-refractivity contribution in [2.75, 3.05) is 6.26 Å². The molecule has 0 bridgehead atoms. The third-order valence-electron chi connectivity index (χ3n) is 1.36. The second-order valence-corrected chi connectivity index (χ2v) is 3.46. The van der Waals surface area contributed by atoms with Crippen LogP contribution in [0.3, 0.4) is 0 Å². The molecule has 1 rings (SSSR count). The van der Waals surface area contributed by atoms with Crippen LogP contribution in [-0.4, -0.2) is 16.8 Å². The first kappa shape index (κ1) is 8.14. The smallest absolute Gasteiger partial charge is 0.151 e. The van der Waals surface area contributed by atoms with Gasteiger partial charge in [-0.2, -0.15) is 0 Å². The van der Waals surface area contributed by atoms with E-state index in [1.54, 1.807) is 30.5 Å². The molecular weight excluding hydrogens is 160 g/mol. The van der Waals surface area contributed by atoms with Gasteiger partial charge in [-0.3, -0.25) is 9.00 Å². The Morgan fingerprint density at radius 2 is 2.00 bits per heavy atom. The van der Waals surface area contributed by atoms with Gasteiger partial charge in [-0.25, -0.2) is 0 Å². The Morgan fingerprint density at radius 3 is 2.45 bits per heavy atom. The summed E-state index contributed by atoms with van der Waals surface area (Å²) >= 11 is 0. The highest BCUT2D eigenvalue weighted by Crippen LogP contribution is 2.09. The van der Waals surface area contributed by atoms with Gasteiger partial charge in [-0.15, -0.1) is 0 Å². The van der Waals surface area contributed by atoms with Crippen molar-refractivity contribution in [2.24, 2.45) is 0 Å². The summed E-state index contributed by atoms with van der Waals surface area (Å²) in [4.78, 5) is 11.0. The van der Waals surface area contributed by atoms with Crippen molar-refractivity contribution in [1.29, 1.82) is 0 Å². The van der Waals surface area contributed by atoms with E-state index in [1.807, 2.05) is 0 Å². The number of carbonyl (C=O) groups excluding carboxylic acids is 1. The minimum Gasteiger partial charge on any atom is -0.298 e. The fourth-order valence-corrected chi connectivity index (χ4v) is 1.56. The molecule has 0 saturated heterocycles. The van der Waals surface area contributed by atoms with Gasteiger partial charge in [0.05, 0.1) is 10.8 Å². The number of carbonyl (C=O) groups is 1. The van der Waals surface area contributed by atoms with E-state index in [4.69, 9.17) is 0 Å². The van der Waals surface area contributed by atoms with Gasteiger partial charge in [0, 0.05) is 16.7 Å². The van der Waals surface area contributed by atoms with E-state index in [2.05, 4.69) is 0 Å². The molecule has 1 atom stereocenters. The molecule has 0 fully saturated rings. The lowest BCUT2D eigenvalue weighted by Gasteiger charge is -1.97. The highest BCUT2D eigenvalue weighted by molar-refractivity contribution is 7.84. The number of aldehydes is 1. The molecule has 0 aliphatic carbocycles. The van der Waals surface area contributed by atoms with Crippen molar-refractivity contribution in [1.82, 2.24) is 0 Å². The molecule has 58 valence electrons. The third-order valence-corrected chi connectivity index (χ3v) is 2.35. The van der Waals surface area contributed by atoms with E-state index in [0.29, 0.717) is 10.5 Å². The molecular formula is C8H8O2S. The summed E-state index contributed by atoms with van der Waals surface area (Å²) in [6.07, 6.45) is 2.28. The van der Waals surface area contributed by atoms with Crippen LogP contribution in [0.5, 0.6) is 0 Å². The first-order valence-electron chi connectivity index (χ1n) is 3.13. The number of hydrogen-bond acceptors (Lipinski definition) is 2. The molecule has 0 radical (unpaired) electrons. The van der Waals surface area contributed by atoms with Crippen LogP contribution in [0.25, 0.3) is 0 Å². The average Bonchev–Trinajstić information content (AvgIpc) is 2.04. The highest BCUT2D eigenvalue weighted by atomic mass is 32.2. The number of benzene rings is 1. The second kappa shape index (κ2) is 3.44. The zero-order valence-electron chi connectivity index (χ0n) is 6.11. The first-order valence-corrected chi connectivity index (χ1v) is 4.69. The van der Waals surface area contributed by atoms with Crippen LogP contribution in [0.1, 0.15) is 10.4 Å². The van der Waals surface area contributed by atoms with E-state index in [-0.39, 0.29) is 0 Å². The van der Waals surface area contributed by atoms with E-state index < -0.39 is 10.8 Å². The summed E-state index contributed by atoms with van der Waals surface area (Å²) in [5.74, 6) is 0. The van der Waals surface area contributed by atoms with Crippen LogP contribution in [-0.2, 0) is 10.8 Å². The van der Waals surface area contributed by atoms with Crippen molar-refractivity contribution < 1.29 is 9.00 Å². The van der Waals surface area contributed by atoms with Crippen molar-refractivity contribution in [2.45, 2.75) is 4.90 Å². The normalized spacial score (nSPS) is 12.5. The molecule has 0 unspecified atom stereocenters. The lowest BCUT2D eigenvalue weighted by atomic mass is 10.2. The van der Waals surface area contributed by atoms with Crippen molar-refractivity contribution in [3.63, 3.8) is 0 Å². The zero-order valence-corrected chi connectivity index (χ0v) is 6.93. The lowest BCUT2D eigenvalue weighted by Crippen LogP contribution is -1.93. The molecule has 0 aliphatic heterocycles. The van der Waals surface area contributed by atoms with Gasteiger partial charge in [0.25, 0.3) is 0 Å². The van der Waals surface area contributed by atoms with E-state index >= 15 is 0 Å². The van der Waals surface area contributed by atoms with Gasteiger partial charge in [-0.1, -0.05) is 18.2 Å². The topological polar surface area (TPSA) is 34.1 Å². The van der Waals surface area contributed by atoms with Crippen molar-refractivity contribution >= 4 is 17.1 Å². The van der Waals surface area contributed by atoms with E-state index in [0.717, 1.165) is 6.29 Å². The molecule has 0 amide bonds. The van der Waals surface area contributed by atoms with Crippen molar-refractivity contribution in [3.05, 3.63) is 29.8 Å². The summed E-state index contributed by atoms with van der Waals surface area (Å²) in [5, 5.41) is 0. The Balaban J connectivity index is 3.22. The molecule has 0 N–H and O–H groups in total. The summed E-state index contributed by atoms with van der Waals surface area (Å²) in [6.45, 7) is 0. The number of hydrogen-bond donors (Lipinski definition) is 0. The highest BCUT2D eigenvalue weighted by Gasteiger charge is 2.01. The summed E-state index contributed by atoms with van der Waals surface area (Å²) in [7, 11) is -1.07. The summed E-state index contributed by atoms with van der Waals surface area (Å²) in [5.41, 5.74) is 0.508. The Hall–Kier alpha value is -0.960. The van der Waals surface area contributed by atoms with Crippen LogP contribution in [0, 0.1) is 0 Å². The van der Waals surface area contributed by atoms with E-state index in [1.165, 1.54) is 0 Å². The predicted octanol–water partition coefficient (Wildman–Crippen LogP) is 1.24. The zero-order chi connectivity index (χ0) is 8.27. The molecule has 0 spiro atoms. The van der Waals surface area contributed by atoms with Gasteiger partial charge in [0.15, 0.2) is 6.29 Å². The maximum Gasteiger partial charge on any atom is 0.151 e. The van der Waals surface area contributed by atoms with Gasteiger partial charge < -0.3 is 0 Å². The molecule has 1 aromatic carbocycles. The molecule has 0 heterocycles. The maximum absolute atomic E-state index is 11.0. The van der Waals surface area contributed by atoms with Gasteiger partial charge in [0.1, 0.15) is 0 Å². The van der Waals surface area contributed by atoms with Gasteiger partial charge in [-0.05, 0) is 6.07 Å². The number of rotatable bonds is 2. The minimum atomic E-state index is -1.07. The molecule has 0 aromatic heterocycles. The second-order valence-electron chi connectivity index (χ2n) is 2.11. The van der Waals surface area contributed by atoms with E-state index in [9.17, 15) is 9.00 Å². The van der Waals surface area contributed by atoms with Gasteiger partial charge >= 0.3 is 0 Å². The maximum atomic E-state index is 11.0. The Labute approximate surface area is 67.7 Å². The minimum absolute atomic E-state index is 0.508. The van der Waals surface area contributed by atoms with Crippen LogP contribution >= 0.6 is 0 Å². The predicted molar refractivity (Wildman–Crippen MR) is 44.2 cm³/mol. The third kappa shape index (κ3) is 1.74. The summed E-state index contributed by atoms with van der Waals surface area (Å²) < 4.78 is 11.0.